The van der Waals surface area contributed by atoms with Crippen molar-refractivity contribution in [1.29, 1.82) is 0 Å². The fourth-order valence-electron chi connectivity index (χ4n) is 1.99. The van der Waals surface area contributed by atoms with Crippen molar-refractivity contribution in [2.45, 2.75) is 6.92 Å². The minimum Gasteiger partial charge on any atom is -0.496 e. The van der Waals surface area contributed by atoms with E-state index in [4.69, 9.17) is 9.47 Å². The average molecular weight is 259 g/mol. The van der Waals surface area contributed by atoms with Gasteiger partial charge in [0.05, 0.1) is 19.9 Å². The number of anilines is 1. The number of hydrogen-bond acceptors (Lipinski definition) is 5. The van der Waals surface area contributed by atoms with Gasteiger partial charge in [-0.1, -0.05) is 0 Å². The Morgan fingerprint density at radius 3 is 2.53 bits per heavy atom. The first-order chi connectivity index (χ1) is 9.21. The van der Waals surface area contributed by atoms with Crippen LogP contribution in [0, 0.1) is 6.92 Å². The lowest BCUT2D eigenvalue weighted by Crippen LogP contribution is -1.99. The third kappa shape index (κ3) is 2.45. The van der Waals surface area contributed by atoms with Crippen LogP contribution in [-0.4, -0.2) is 31.2 Å². The predicted molar refractivity (Wildman–Crippen MR) is 74.9 cm³/mol. The highest BCUT2D eigenvalue weighted by molar-refractivity contribution is 5.71. The Hall–Kier alpha value is -2.30. The van der Waals surface area contributed by atoms with E-state index in [-0.39, 0.29) is 0 Å². The van der Waals surface area contributed by atoms with Gasteiger partial charge in [0.2, 0.25) is 5.95 Å². The molecule has 0 aliphatic carbocycles. The molecule has 0 aliphatic rings. The second-order valence-electron chi connectivity index (χ2n) is 3.99. The zero-order chi connectivity index (χ0) is 13.8. The molecule has 1 aromatic heterocycles. The number of methoxy groups -OCH3 is 2. The molecule has 0 bridgehead atoms. The maximum absolute atomic E-state index is 5.49. The smallest absolute Gasteiger partial charge is 0.222 e. The van der Waals surface area contributed by atoms with Crippen molar-refractivity contribution < 1.29 is 9.47 Å². The topological polar surface area (TPSA) is 56.3 Å². The van der Waals surface area contributed by atoms with Gasteiger partial charge in [-0.15, -0.1) is 0 Å². The molecule has 0 fully saturated rings. The monoisotopic (exact) mass is 259 g/mol. The number of nitrogens with zero attached hydrogens (tertiary/aromatic N) is 2. The highest BCUT2D eigenvalue weighted by Gasteiger charge is 2.14. The first-order valence-corrected chi connectivity index (χ1v) is 5.94. The van der Waals surface area contributed by atoms with Gasteiger partial charge in [-0.05, 0) is 25.1 Å². The fourth-order valence-corrected chi connectivity index (χ4v) is 1.99. The highest BCUT2D eigenvalue weighted by atomic mass is 16.5. The Morgan fingerprint density at radius 2 is 1.89 bits per heavy atom. The summed E-state index contributed by atoms with van der Waals surface area (Å²) in [6.07, 6.45) is 1.72. The molecular formula is C14H17N3O2. The molecule has 0 unspecified atom stereocenters. The molecule has 1 aromatic carbocycles. The molecule has 5 nitrogen and oxygen atoms in total. The lowest BCUT2D eigenvalue weighted by molar-refractivity contribution is 0.390. The zero-order valence-electron chi connectivity index (χ0n) is 11.5. The first kappa shape index (κ1) is 13.1. The van der Waals surface area contributed by atoms with E-state index >= 15 is 0 Å². The molecule has 2 rings (SSSR count). The zero-order valence-corrected chi connectivity index (χ0v) is 11.5. The summed E-state index contributed by atoms with van der Waals surface area (Å²) in [4.78, 5) is 8.53. The molecule has 2 aromatic rings. The number of rotatable bonds is 4. The quantitative estimate of drug-likeness (QED) is 0.914. The molecule has 1 heterocycles. The molecule has 0 saturated carbocycles. The van der Waals surface area contributed by atoms with Crippen LogP contribution >= 0.6 is 0 Å². The third-order valence-corrected chi connectivity index (χ3v) is 2.94. The summed E-state index contributed by atoms with van der Waals surface area (Å²) < 4.78 is 10.8. The highest BCUT2D eigenvalue weighted by Crippen LogP contribution is 2.36. The first-order valence-electron chi connectivity index (χ1n) is 5.94. The minimum absolute atomic E-state index is 0.577. The molecule has 0 spiro atoms. The van der Waals surface area contributed by atoms with E-state index in [1.165, 1.54) is 0 Å². The van der Waals surface area contributed by atoms with E-state index in [9.17, 15) is 0 Å². The standard InChI is InChI=1S/C14H17N3O2/c1-9-12(18-3)6-5-10(13(9)19-4)11-7-8-16-14(15-2)17-11/h5-8H,1-4H3,(H,15,16,17). The number of ether oxygens (including phenoxy) is 2. The summed E-state index contributed by atoms with van der Waals surface area (Å²) in [5.74, 6) is 2.14. The number of hydrogen-bond donors (Lipinski definition) is 1. The molecule has 0 radical (unpaired) electrons. The molecule has 0 amide bonds. The van der Waals surface area contributed by atoms with Crippen molar-refractivity contribution in [1.82, 2.24) is 9.97 Å². The van der Waals surface area contributed by atoms with Crippen molar-refractivity contribution in [3.8, 4) is 22.8 Å². The van der Waals surface area contributed by atoms with Gasteiger partial charge in [-0.25, -0.2) is 9.97 Å². The number of benzene rings is 1. The van der Waals surface area contributed by atoms with Crippen molar-refractivity contribution >= 4 is 5.95 Å². The van der Waals surface area contributed by atoms with Crippen molar-refractivity contribution in [2.75, 3.05) is 26.6 Å². The summed E-state index contributed by atoms with van der Waals surface area (Å²) in [6, 6.07) is 5.70. The van der Waals surface area contributed by atoms with Crippen molar-refractivity contribution in [3.05, 3.63) is 30.0 Å². The maximum atomic E-state index is 5.49. The van der Waals surface area contributed by atoms with E-state index in [2.05, 4.69) is 15.3 Å². The van der Waals surface area contributed by atoms with Crippen LogP contribution in [0.5, 0.6) is 11.5 Å². The van der Waals surface area contributed by atoms with Crippen molar-refractivity contribution in [2.24, 2.45) is 0 Å². The van der Waals surface area contributed by atoms with Crippen LogP contribution in [0.3, 0.4) is 0 Å². The van der Waals surface area contributed by atoms with E-state index in [1.54, 1.807) is 27.5 Å². The molecule has 100 valence electrons. The van der Waals surface area contributed by atoms with Crippen LogP contribution in [-0.2, 0) is 0 Å². The van der Waals surface area contributed by atoms with Gasteiger partial charge in [0.15, 0.2) is 0 Å². The van der Waals surface area contributed by atoms with Crippen LogP contribution in [0.4, 0.5) is 5.95 Å². The fraction of sp³-hybridized carbons (Fsp3) is 0.286. The van der Waals surface area contributed by atoms with Gasteiger partial charge in [-0.2, -0.15) is 0 Å². The van der Waals surface area contributed by atoms with Crippen LogP contribution < -0.4 is 14.8 Å². The van der Waals surface area contributed by atoms with Crippen LogP contribution in [0.15, 0.2) is 24.4 Å². The van der Waals surface area contributed by atoms with Crippen LogP contribution in [0.2, 0.25) is 0 Å². The molecule has 5 heteroatoms. The van der Waals surface area contributed by atoms with Gasteiger partial charge in [0.25, 0.3) is 0 Å². The molecule has 0 aliphatic heterocycles. The molecule has 19 heavy (non-hydrogen) atoms. The van der Waals surface area contributed by atoms with Crippen LogP contribution in [0.1, 0.15) is 5.56 Å². The summed E-state index contributed by atoms with van der Waals surface area (Å²) in [5, 5.41) is 2.92. The van der Waals surface area contributed by atoms with E-state index < -0.39 is 0 Å². The Balaban J connectivity index is 2.58. The lowest BCUT2D eigenvalue weighted by Gasteiger charge is -2.14. The number of aromatic nitrogens is 2. The Bertz CT molecular complexity index is 585. The minimum atomic E-state index is 0.577. The molecular weight excluding hydrogens is 242 g/mol. The summed E-state index contributed by atoms with van der Waals surface area (Å²) >= 11 is 0. The second kappa shape index (κ2) is 5.56. The summed E-state index contributed by atoms with van der Waals surface area (Å²) in [6.45, 7) is 1.96. The molecule has 0 atom stereocenters. The number of nitrogens with one attached hydrogen (secondary N) is 1. The largest absolute Gasteiger partial charge is 0.496 e. The second-order valence-corrected chi connectivity index (χ2v) is 3.99. The Morgan fingerprint density at radius 1 is 1.11 bits per heavy atom. The molecule has 1 N–H and O–H groups in total. The molecule has 0 saturated heterocycles. The maximum Gasteiger partial charge on any atom is 0.222 e. The van der Waals surface area contributed by atoms with Crippen molar-refractivity contribution in [3.63, 3.8) is 0 Å². The van der Waals surface area contributed by atoms with Gasteiger partial charge in [-0.3, -0.25) is 0 Å². The Kier molecular flexibility index (Phi) is 3.85. The Labute approximate surface area is 112 Å². The van der Waals surface area contributed by atoms with E-state index in [0.29, 0.717) is 5.95 Å². The summed E-state index contributed by atoms with van der Waals surface area (Å²) in [5.41, 5.74) is 2.67. The van der Waals surface area contributed by atoms with Gasteiger partial charge in [0.1, 0.15) is 11.5 Å². The van der Waals surface area contributed by atoms with Gasteiger partial charge < -0.3 is 14.8 Å². The van der Waals surface area contributed by atoms with Gasteiger partial charge >= 0.3 is 0 Å². The summed E-state index contributed by atoms with van der Waals surface area (Å²) in [7, 11) is 5.08. The average Bonchev–Trinajstić information content (AvgIpc) is 2.47. The lowest BCUT2D eigenvalue weighted by atomic mass is 10.1. The SMILES string of the molecule is CNc1nccc(-c2ccc(OC)c(C)c2OC)n1. The van der Waals surface area contributed by atoms with E-state index in [1.807, 2.05) is 25.1 Å². The predicted octanol–water partition coefficient (Wildman–Crippen LogP) is 2.51. The van der Waals surface area contributed by atoms with E-state index in [0.717, 1.165) is 28.3 Å². The van der Waals surface area contributed by atoms with Crippen LogP contribution in [0.25, 0.3) is 11.3 Å². The van der Waals surface area contributed by atoms with Gasteiger partial charge in [0, 0.05) is 24.4 Å². The normalized spacial score (nSPS) is 10.1. The third-order valence-electron chi connectivity index (χ3n) is 2.94.